The van der Waals surface area contributed by atoms with Crippen molar-refractivity contribution in [3.8, 4) is 5.75 Å². The van der Waals surface area contributed by atoms with Gasteiger partial charge in [0, 0.05) is 44.4 Å². The summed E-state index contributed by atoms with van der Waals surface area (Å²) in [5.74, 6) is -0.241. The van der Waals surface area contributed by atoms with Crippen LogP contribution in [-0.4, -0.2) is 99.2 Å². The number of likely N-dealkylation sites (N-methyl/N-ethyl adjacent to an activating group) is 1. The summed E-state index contributed by atoms with van der Waals surface area (Å²) in [6.45, 7) is 10.2. The zero-order valence-electron chi connectivity index (χ0n) is 24.3. The zero-order chi connectivity index (χ0) is 29.3. The van der Waals surface area contributed by atoms with E-state index >= 15 is 0 Å². The molecule has 1 aliphatic heterocycles. The van der Waals surface area contributed by atoms with Gasteiger partial charge in [0.05, 0.1) is 36.7 Å². The number of benzene rings is 1. The number of carbonyl (C=O) groups excluding carboxylic acids is 2. The highest BCUT2D eigenvalue weighted by atomic mass is 32.2. The number of rotatable bonds is 7. The smallest absolute Gasteiger partial charge is 0.317 e. The Morgan fingerprint density at radius 3 is 2.54 bits per heavy atom. The Labute approximate surface area is 233 Å². The van der Waals surface area contributed by atoms with Gasteiger partial charge in [0.15, 0.2) is 0 Å². The van der Waals surface area contributed by atoms with Gasteiger partial charge in [-0.3, -0.25) is 9.52 Å². The molecule has 0 saturated carbocycles. The fourth-order valence-electron chi connectivity index (χ4n) is 4.37. The lowest BCUT2D eigenvalue weighted by molar-refractivity contribution is -0.0122. The Kier molecular flexibility index (Phi) is 12.3. The van der Waals surface area contributed by atoms with E-state index in [0.29, 0.717) is 18.9 Å². The van der Waals surface area contributed by atoms with E-state index < -0.39 is 22.0 Å². The third-order valence-corrected chi connectivity index (χ3v) is 7.17. The minimum atomic E-state index is -3.57. The molecule has 0 spiro atoms. The van der Waals surface area contributed by atoms with Gasteiger partial charge in [-0.2, -0.15) is 0 Å². The van der Waals surface area contributed by atoms with Gasteiger partial charge in [-0.15, -0.1) is 0 Å². The van der Waals surface area contributed by atoms with Gasteiger partial charge in [-0.1, -0.05) is 6.92 Å². The number of anilines is 1. The summed E-state index contributed by atoms with van der Waals surface area (Å²) >= 11 is 0. The molecule has 2 rings (SSSR count). The molecule has 1 aromatic rings. The quantitative estimate of drug-likeness (QED) is 0.458. The molecule has 1 aliphatic rings. The van der Waals surface area contributed by atoms with E-state index in [-0.39, 0.29) is 54.6 Å². The van der Waals surface area contributed by atoms with Crippen LogP contribution in [0.1, 0.15) is 64.2 Å². The Morgan fingerprint density at radius 1 is 1.23 bits per heavy atom. The molecule has 39 heavy (non-hydrogen) atoms. The van der Waals surface area contributed by atoms with Crippen molar-refractivity contribution in [2.24, 2.45) is 5.92 Å². The zero-order valence-corrected chi connectivity index (χ0v) is 25.1. The number of nitrogens with one attached hydrogen (secondary N) is 2. The van der Waals surface area contributed by atoms with Crippen LogP contribution in [0.3, 0.4) is 0 Å². The molecule has 0 aliphatic carbocycles. The van der Waals surface area contributed by atoms with Crippen LogP contribution in [0.15, 0.2) is 18.2 Å². The van der Waals surface area contributed by atoms with Crippen LogP contribution in [0.2, 0.25) is 0 Å². The second-order valence-corrected chi connectivity index (χ2v) is 12.6. The molecule has 4 atom stereocenters. The van der Waals surface area contributed by atoms with Gasteiger partial charge in [-0.05, 0) is 65.2 Å². The van der Waals surface area contributed by atoms with E-state index in [1.165, 1.54) is 6.07 Å². The molecule has 0 bridgehead atoms. The maximum absolute atomic E-state index is 14.0. The monoisotopic (exact) mass is 570 g/mol. The van der Waals surface area contributed by atoms with Crippen molar-refractivity contribution in [3.05, 3.63) is 23.8 Å². The topological polar surface area (TPSA) is 138 Å². The fourth-order valence-corrected chi connectivity index (χ4v) is 4.93. The van der Waals surface area contributed by atoms with Gasteiger partial charge >= 0.3 is 6.03 Å². The van der Waals surface area contributed by atoms with Crippen LogP contribution in [-0.2, 0) is 14.8 Å². The summed E-state index contributed by atoms with van der Waals surface area (Å²) in [6, 6.07) is 3.88. The maximum Gasteiger partial charge on any atom is 0.317 e. The van der Waals surface area contributed by atoms with E-state index in [1.54, 1.807) is 35.9 Å². The second-order valence-electron chi connectivity index (χ2n) is 10.9. The Bertz CT molecular complexity index is 1070. The normalized spacial score (nSPS) is 22.3. The van der Waals surface area contributed by atoms with Crippen molar-refractivity contribution in [1.29, 1.82) is 0 Å². The first-order valence-electron chi connectivity index (χ1n) is 13.5. The number of aliphatic hydroxyl groups is 1. The first-order valence-corrected chi connectivity index (χ1v) is 15.4. The molecule has 0 aromatic heterocycles. The first kappa shape index (κ1) is 32.6. The number of ether oxygens (including phenoxy) is 2. The largest absolute Gasteiger partial charge is 0.490 e. The third kappa shape index (κ3) is 10.5. The van der Waals surface area contributed by atoms with Gasteiger partial charge in [0.1, 0.15) is 5.75 Å². The molecule has 0 fully saturated rings. The molecule has 0 radical (unpaired) electrons. The molecule has 0 saturated heterocycles. The predicted octanol–water partition coefficient (Wildman–Crippen LogP) is 2.90. The standard InChI is InChI=1S/C27H46N4O7S/c1-18(2)28-27(34)30(6)16-25-19(3)15-31(20(4)17-32)26(33)23-14-22(29-39(7,35)36)11-12-24(23)38-21(5)10-8-9-13-37-25/h11-12,14,18-21,25,29,32H,8-10,13,15-17H2,1-7H3,(H,28,34)/t19-,20-,21-,25-/m1/s1. The van der Waals surface area contributed by atoms with Crippen molar-refractivity contribution in [2.75, 3.05) is 44.3 Å². The molecule has 0 unspecified atom stereocenters. The van der Waals surface area contributed by atoms with E-state index in [2.05, 4.69) is 10.0 Å². The number of nitrogens with zero attached hydrogens (tertiary/aromatic N) is 2. The number of hydrogen-bond donors (Lipinski definition) is 3. The fraction of sp³-hybridized carbons (Fsp3) is 0.704. The minimum Gasteiger partial charge on any atom is -0.490 e. The summed E-state index contributed by atoms with van der Waals surface area (Å²) < 4.78 is 38.5. The van der Waals surface area contributed by atoms with Crippen LogP contribution in [0.5, 0.6) is 5.75 Å². The Balaban J connectivity index is 2.46. The highest BCUT2D eigenvalue weighted by Gasteiger charge is 2.31. The van der Waals surface area contributed by atoms with E-state index in [1.807, 2.05) is 27.7 Å². The van der Waals surface area contributed by atoms with Crippen LogP contribution in [0.25, 0.3) is 0 Å². The summed E-state index contributed by atoms with van der Waals surface area (Å²) in [5.41, 5.74) is 0.441. The lowest BCUT2D eigenvalue weighted by Gasteiger charge is -2.36. The number of sulfonamides is 1. The summed E-state index contributed by atoms with van der Waals surface area (Å²) in [6.07, 6.45) is 2.87. The lowest BCUT2D eigenvalue weighted by Crippen LogP contribution is -2.49. The van der Waals surface area contributed by atoms with Crippen molar-refractivity contribution in [2.45, 2.75) is 78.2 Å². The summed E-state index contributed by atoms with van der Waals surface area (Å²) in [4.78, 5) is 29.7. The van der Waals surface area contributed by atoms with Gasteiger partial charge in [-0.25, -0.2) is 13.2 Å². The minimum absolute atomic E-state index is 0.00726. The Morgan fingerprint density at radius 2 is 1.92 bits per heavy atom. The van der Waals surface area contributed by atoms with Crippen LogP contribution in [0.4, 0.5) is 10.5 Å². The van der Waals surface area contributed by atoms with Crippen molar-refractivity contribution in [3.63, 3.8) is 0 Å². The van der Waals surface area contributed by atoms with Gasteiger partial charge in [0.25, 0.3) is 5.91 Å². The maximum atomic E-state index is 14.0. The average Bonchev–Trinajstić information content (AvgIpc) is 2.84. The average molecular weight is 571 g/mol. The first-order chi connectivity index (χ1) is 18.2. The number of fused-ring (bicyclic) bond motifs is 1. The van der Waals surface area contributed by atoms with Crippen LogP contribution < -0.4 is 14.8 Å². The predicted molar refractivity (Wildman–Crippen MR) is 152 cm³/mol. The third-order valence-electron chi connectivity index (χ3n) is 6.57. The summed E-state index contributed by atoms with van der Waals surface area (Å²) in [5, 5.41) is 12.9. The van der Waals surface area contributed by atoms with Crippen LogP contribution in [0, 0.1) is 5.92 Å². The van der Waals surface area contributed by atoms with Gasteiger partial charge in [0.2, 0.25) is 10.0 Å². The van der Waals surface area contributed by atoms with Crippen molar-refractivity contribution in [1.82, 2.24) is 15.1 Å². The molecule has 3 amide bonds. The van der Waals surface area contributed by atoms with Crippen molar-refractivity contribution >= 4 is 27.6 Å². The molecule has 222 valence electrons. The Hall–Kier alpha value is -2.57. The van der Waals surface area contributed by atoms with E-state index in [0.717, 1.165) is 25.5 Å². The highest BCUT2D eigenvalue weighted by Crippen LogP contribution is 2.28. The highest BCUT2D eigenvalue weighted by molar-refractivity contribution is 7.92. The second kappa shape index (κ2) is 14.7. The lowest BCUT2D eigenvalue weighted by atomic mass is 10.0. The number of carbonyl (C=O) groups is 2. The summed E-state index contributed by atoms with van der Waals surface area (Å²) in [7, 11) is -1.86. The van der Waals surface area contributed by atoms with E-state index in [4.69, 9.17) is 9.47 Å². The molecular weight excluding hydrogens is 524 g/mol. The number of hydrogen-bond acceptors (Lipinski definition) is 7. The van der Waals surface area contributed by atoms with Gasteiger partial charge < -0.3 is 29.7 Å². The molecule has 1 aromatic carbocycles. The molecule has 12 heteroatoms. The number of aliphatic hydroxyl groups excluding tert-OH is 1. The number of urea groups is 1. The molecule has 1 heterocycles. The van der Waals surface area contributed by atoms with Crippen molar-refractivity contribution < 1.29 is 32.6 Å². The molecule has 11 nitrogen and oxygen atoms in total. The molecular formula is C27H46N4O7S. The van der Waals surface area contributed by atoms with E-state index in [9.17, 15) is 23.1 Å². The molecule has 3 N–H and O–H groups in total. The van der Waals surface area contributed by atoms with Crippen LogP contribution >= 0.6 is 0 Å². The number of amides is 3. The SMILES string of the molecule is CC(C)NC(=O)N(C)C[C@H]1OCCCC[C@@H](C)Oc2ccc(NS(C)(=O)=O)cc2C(=O)N([C@H](C)CO)C[C@H]1C.